The normalized spacial score (nSPS) is 19.6. The van der Waals surface area contributed by atoms with Gasteiger partial charge in [-0.2, -0.15) is 13.2 Å². The fraction of sp³-hybridized carbons (Fsp3) is 0.481. The molecule has 1 heterocycles. The van der Waals surface area contributed by atoms with E-state index in [2.05, 4.69) is 0 Å². The van der Waals surface area contributed by atoms with Gasteiger partial charge in [-0.25, -0.2) is 0 Å². The number of halogens is 3. The van der Waals surface area contributed by atoms with Crippen molar-refractivity contribution in [3.8, 4) is 11.1 Å². The predicted octanol–water partition coefficient (Wildman–Crippen LogP) is 4.51. The lowest BCUT2D eigenvalue weighted by Gasteiger charge is -2.35. The molecular formula is C27H33F3N2O4. The number of carbonyl (C=O) groups excluding carboxylic acids is 2. The van der Waals surface area contributed by atoms with E-state index in [1.165, 1.54) is 11.9 Å². The van der Waals surface area contributed by atoms with Crippen LogP contribution < -0.4 is 0 Å². The lowest BCUT2D eigenvalue weighted by molar-refractivity contribution is -0.149. The van der Waals surface area contributed by atoms with Crippen LogP contribution in [-0.2, 0) is 16.1 Å². The molecule has 0 bridgehead atoms. The van der Waals surface area contributed by atoms with Crippen LogP contribution in [0.3, 0.4) is 0 Å². The van der Waals surface area contributed by atoms with E-state index in [4.69, 9.17) is 4.74 Å². The Labute approximate surface area is 209 Å². The highest BCUT2D eigenvalue weighted by Crippen LogP contribution is 2.31. The molecule has 2 amide bonds. The van der Waals surface area contributed by atoms with Gasteiger partial charge in [0.2, 0.25) is 5.91 Å². The maximum atomic E-state index is 13.7. The number of fused-ring (bicyclic) bond motifs is 3. The summed E-state index contributed by atoms with van der Waals surface area (Å²) in [6.07, 6.45) is -6.78. The van der Waals surface area contributed by atoms with E-state index in [9.17, 15) is 27.9 Å². The van der Waals surface area contributed by atoms with E-state index in [0.717, 1.165) is 16.7 Å². The Morgan fingerprint density at radius 1 is 1.14 bits per heavy atom. The summed E-state index contributed by atoms with van der Waals surface area (Å²) in [5.41, 5.74) is 2.95. The van der Waals surface area contributed by atoms with Crippen molar-refractivity contribution < 1.29 is 32.6 Å². The monoisotopic (exact) mass is 506 g/mol. The van der Waals surface area contributed by atoms with Gasteiger partial charge in [0.1, 0.15) is 0 Å². The lowest BCUT2D eigenvalue weighted by Crippen LogP contribution is -2.47. The Bertz CT molecular complexity index is 1060. The van der Waals surface area contributed by atoms with E-state index in [0.29, 0.717) is 5.56 Å². The van der Waals surface area contributed by atoms with Crippen LogP contribution in [0.1, 0.15) is 42.6 Å². The first-order valence-corrected chi connectivity index (χ1v) is 12.0. The summed E-state index contributed by atoms with van der Waals surface area (Å²) in [7, 11) is 1.46. The van der Waals surface area contributed by atoms with Crippen molar-refractivity contribution >= 4 is 11.8 Å². The Kier molecular flexibility index (Phi) is 9.13. The standard InChI is InChI=1S/C27H33F3N2O4/c1-18-14-32(19(2)16-33)26(35)23-11-7-6-10-22(23)21-9-5-4-8-20(21)17-36-24(18)15-31(3)25(34)12-13-27(28,29)30/h4-11,18-19,24,33H,12-17H2,1-3H3/t18-,19-,24+/m0/s1. The molecule has 1 N–H and O–H groups in total. The van der Waals surface area contributed by atoms with Crippen molar-refractivity contribution in [2.24, 2.45) is 5.92 Å². The van der Waals surface area contributed by atoms with E-state index >= 15 is 0 Å². The SMILES string of the molecule is C[C@H]1CN([C@@H](C)CO)C(=O)c2ccccc2-c2ccccc2CO[C@@H]1CN(C)C(=O)CCC(F)(F)F. The molecule has 3 atom stereocenters. The van der Waals surface area contributed by atoms with Crippen LogP contribution in [0.5, 0.6) is 0 Å². The maximum absolute atomic E-state index is 13.7. The van der Waals surface area contributed by atoms with E-state index in [-0.39, 0.29) is 38.1 Å². The molecule has 2 aromatic rings. The quantitative estimate of drug-likeness (QED) is 0.626. The number of likely N-dealkylation sites (N-methyl/N-ethyl adjacent to an activating group) is 1. The molecular weight excluding hydrogens is 473 g/mol. The predicted molar refractivity (Wildman–Crippen MR) is 130 cm³/mol. The molecule has 1 aliphatic rings. The Hall–Kier alpha value is -2.91. The second kappa shape index (κ2) is 11.9. The molecule has 36 heavy (non-hydrogen) atoms. The number of rotatable bonds is 6. The number of ether oxygens (including phenoxy) is 1. The number of amides is 2. The minimum absolute atomic E-state index is 0.0719. The average molecular weight is 507 g/mol. The molecule has 6 nitrogen and oxygen atoms in total. The number of carbonyl (C=O) groups is 2. The molecule has 196 valence electrons. The molecule has 0 radical (unpaired) electrons. The number of aliphatic hydroxyl groups excluding tert-OH is 1. The minimum atomic E-state index is -4.41. The average Bonchev–Trinajstić information content (AvgIpc) is 2.87. The fourth-order valence-corrected chi connectivity index (χ4v) is 4.36. The van der Waals surface area contributed by atoms with Gasteiger partial charge >= 0.3 is 6.18 Å². The van der Waals surface area contributed by atoms with Crippen molar-refractivity contribution in [1.82, 2.24) is 9.80 Å². The van der Waals surface area contributed by atoms with Crippen LogP contribution in [0.2, 0.25) is 0 Å². The summed E-state index contributed by atoms with van der Waals surface area (Å²) < 4.78 is 44.1. The van der Waals surface area contributed by atoms with Crippen LogP contribution >= 0.6 is 0 Å². The number of aliphatic hydroxyl groups is 1. The topological polar surface area (TPSA) is 70.1 Å². The first-order valence-electron chi connectivity index (χ1n) is 12.0. The third kappa shape index (κ3) is 6.85. The van der Waals surface area contributed by atoms with Crippen molar-refractivity contribution in [2.75, 3.05) is 26.7 Å². The van der Waals surface area contributed by atoms with E-state index in [1.54, 1.807) is 24.0 Å². The Morgan fingerprint density at radius 2 is 1.75 bits per heavy atom. The first-order chi connectivity index (χ1) is 17.0. The lowest BCUT2D eigenvalue weighted by atomic mass is 9.94. The molecule has 2 aromatic carbocycles. The Balaban J connectivity index is 1.96. The molecule has 1 aliphatic heterocycles. The second-order valence-corrected chi connectivity index (χ2v) is 9.41. The highest BCUT2D eigenvalue weighted by molar-refractivity contribution is 6.01. The van der Waals surface area contributed by atoms with Crippen LogP contribution in [0.15, 0.2) is 48.5 Å². The zero-order valence-corrected chi connectivity index (χ0v) is 20.8. The number of nitrogens with zero attached hydrogens (tertiary/aromatic N) is 2. The molecule has 0 fully saturated rings. The van der Waals surface area contributed by atoms with Gasteiger partial charge in [0, 0.05) is 38.0 Å². The molecule has 3 rings (SSSR count). The van der Waals surface area contributed by atoms with E-state index < -0.39 is 37.1 Å². The van der Waals surface area contributed by atoms with Crippen molar-refractivity contribution in [3.05, 3.63) is 59.7 Å². The van der Waals surface area contributed by atoms with Gasteiger partial charge < -0.3 is 19.6 Å². The van der Waals surface area contributed by atoms with Gasteiger partial charge in [-0.1, -0.05) is 49.4 Å². The minimum Gasteiger partial charge on any atom is -0.394 e. The highest BCUT2D eigenvalue weighted by Gasteiger charge is 2.32. The summed E-state index contributed by atoms with van der Waals surface area (Å²) in [6.45, 7) is 3.90. The Morgan fingerprint density at radius 3 is 2.39 bits per heavy atom. The van der Waals surface area contributed by atoms with Gasteiger partial charge in [-0.15, -0.1) is 0 Å². The number of hydrogen-bond donors (Lipinski definition) is 1. The van der Waals surface area contributed by atoms with Crippen molar-refractivity contribution in [3.63, 3.8) is 0 Å². The highest BCUT2D eigenvalue weighted by atomic mass is 19.4. The molecule has 9 heteroatoms. The molecule has 0 aliphatic carbocycles. The van der Waals surface area contributed by atoms with Gasteiger partial charge in [-0.3, -0.25) is 9.59 Å². The summed E-state index contributed by atoms with van der Waals surface area (Å²) in [4.78, 5) is 29.0. The maximum Gasteiger partial charge on any atom is 0.389 e. The van der Waals surface area contributed by atoms with Crippen LogP contribution in [0.25, 0.3) is 11.1 Å². The smallest absolute Gasteiger partial charge is 0.389 e. The zero-order valence-electron chi connectivity index (χ0n) is 20.8. The van der Waals surface area contributed by atoms with Gasteiger partial charge in [-0.05, 0) is 29.7 Å². The van der Waals surface area contributed by atoms with Crippen molar-refractivity contribution in [1.29, 1.82) is 0 Å². The van der Waals surface area contributed by atoms with Crippen LogP contribution in [0.4, 0.5) is 13.2 Å². The second-order valence-electron chi connectivity index (χ2n) is 9.41. The number of hydrogen-bond acceptors (Lipinski definition) is 4. The van der Waals surface area contributed by atoms with Crippen molar-refractivity contribution in [2.45, 2.75) is 51.6 Å². The third-order valence-corrected chi connectivity index (χ3v) is 6.60. The molecule has 0 saturated heterocycles. The van der Waals surface area contributed by atoms with Crippen LogP contribution in [0, 0.1) is 5.92 Å². The first kappa shape index (κ1) is 27.7. The number of alkyl halides is 3. The summed E-state index contributed by atoms with van der Waals surface area (Å²) in [6, 6.07) is 14.4. The summed E-state index contributed by atoms with van der Waals surface area (Å²) in [5.74, 6) is -1.13. The van der Waals surface area contributed by atoms with Gasteiger partial charge in [0.05, 0.1) is 31.8 Å². The molecule has 0 spiro atoms. The molecule has 0 saturated carbocycles. The zero-order chi connectivity index (χ0) is 26.5. The molecule has 0 unspecified atom stereocenters. The van der Waals surface area contributed by atoms with Crippen LogP contribution in [-0.4, -0.2) is 71.8 Å². The van der Waals surface area contributed by atoms with Gasteiger partial charge in [0.15, 0.2) is 0 Å². The van der Waals surface area contributed by atoms with E-state index in [1.807, 2.05) is 43.3 Å². The third-order valence-electron chi connectivity index (χ3n) is 6.60. The van der Waals surface area contributed by atoms with Gasteiger partial charge in [0.25, 0.3) is 5.91 Å². The largest absolute Gasteiger partial charge is 0.394 e. The number of benzene rings is 2. The fourth-order valence-electron chi connectivity index (χ4n) is 4.36. The molecule has 0 aromatic heterocycles. The summed E-state index contributed by atoms with van der Waals surface area (Å²) >= 11 is 0. The summed E-state index contributed by atoms with van der Waals surface area (Å²) in [5, 5.41) is 9.88.